The van der Waals surface area contributed by atoms with Gasteiger partial charge in [0.2, 0.25) is 10.0 Å². The van der Waals surface area contributed by atoms with Gasteiger partial charge in [-0.15, -0.1) is 0 Å². The molecule has 0 spiro atoms. The molecule has 1 aliphatic rings. The smallest absolute Gasteiger partial charge is 0.228 e. The maximum atomic E-state index is 12.6. The molecule has 1 heterocycles. The summed E-state index contributed by atoms with van der Waals surface area (Å²) in [5, 5.41) is 0.486. The van der Waals surface area contributed by atoms with E-state index < -0.39 is 25.1 Å². The predicted molar refractivity (Wildman–Crippen MR) is 104 cm³/mol. The van der Waals surface area contributed by atoms with Gasteiger partial charge in [-0.3, -0.25) is 0 Å². The largest absolute Gasteiger partial charge is 0.236 e. The number of hydrogen-bond donors (Lipinski definition) is 0. The summed E-state index contributed by atoms with van der Waals surface area (Å²) in [6.45, 7) is 0.160. The molecule has 0 aromatic heterocycles. The molecule has 0 saturated carbocycles. The summed E-state index contributed by atoms with van der Waals surface area (Å²) in [5.74, 6) is -0.176. The molecule has 0 amide bonds. The van der Waals surface area contributed by atoms with Crippen molar-refractivity contribution in [3.8, 4) is 0 Å². The van der Waals surface area contributed by atoms with Crippen LogP contribution in [0.25, 0.3) is 6.08 Å². The molecule has 0 radical (unpaired) electrons. The third-order valence-corrected chi connectivity index (χ3v) is 8.15. The van der Waals surface area contributed by atoms with Gasteiger partial charge >= 0.3 is 0 Å². The van der Waals surface area contributed by atoms with Crippen molar-refractivity contribution in [1.29, 1.82) is 0 Å². The summed E-state index contributed by atoms with van der Waals surface area (Å²) >= 11 is 0. The lowest BCUT2D eigenvalue weighted by atomic mass is 10.1. The molecule has 2 aromatic carbocycles. The van der Waals surface area contributed by atoms with E-state index in [1.807, 2.05) is 36.4 Å². The van der Waals surface area contributed by atoms with Crippen molar-refractivity contribution in [3.63, 3.8) is 0 Å². The van der Waals surface area contributed by atoms with Crippen LogP contribution in [0, 0.1) is 0 Å². The lowest BCUT2D eigenvalue weighted by Crippen LogP contribution is -2.32. The molecule has 26 heavy (non-hydrogen) atoms. The first-order valence-corrected chi connectivity index (χ1v) is 11.6. The molecular weight excluding hydrogens is 370 g/mol. The number of sulfonamides is 1. The summed E-state index contributed by atoms with van der Waals surface area (Å²) < 4.78 is 51.7. The van der Waals surface area contributed by atoms with Gasteiger partial charge in [-0.1, -0.05) is 60.7 Å². The topological polar surface area (TPSA) is 71.5 Å². The van der Waals surface area contributed by atoms with Crippen LogP contribution in [0.5, 0.6) is 0 Å². The van der Waals surface area contributed by atoms with Gasteiger partial charge < -0.3 is 0 Å². The number of benzene rings is 2. The Hall–Kier alpha value is -1.96. The van der Waals surface area contributed by atoms with Crippen molar-refractivity contribution in [2.45, 2.75) is 11.7 Å². The highest BCUT2D eigenvalue weighted by atomic mass is 32.2. The van der Waals surface area contributed by atoms with Crippen LogP contribution in [0.2, 0.25) is 0 Å². The second kappa shape index (κ2) is 7.73. The Kier molecular flexibility index (Phi) is 5.60. The van der Waals surface area contributed by atoms with Gasteiger partial charge in [0.15, 0.2) is 9.84 Å². The standard InChI is InChI=1S/C19H21NO4S2/c21-25(22)16-14-20(13-11-19(25)18-9-5-2-6-10-18)26(23,24)15-12-17-7-3-1-4-8-17/h1-10,12,15,19H,11,13-14,16H2/b15-12+. The fourth-order valence-electron chi connectivity index (χ4n) is 3.03. The number of rotatable bonds is 4. The van der Waals surface area contributed by atoms with Gasteiger partial charge in [-0.2, -0.15) is 4.31 Å². The number of nitrogens with zero attached hydrogens (tertiary/aromatic N) is 1. The Bertz CT molecular complexity index is 969. The molecule has 1 atom stereocenters. The molecule has 138 valence electrons. The zero-order valence-corrected chi connectivity index (χ0v) is 15.9. The summed E-state index contributed by atoms with van der Waals surface area (Å²) in [6, 6.07) is 18.1. The molecule has 1 unspecified atom stereocenters. The molecule has 1 saturated heterocycles. The van der Waals surface area contributed by atoms with Crippen molar-refractivity contribution in [2.24, 2.45) is 0 Å². The Morgan fingerprint density at radius 2 is 1.54 bits per heavy atom. The van der Waals surface area contributed by atoms with Crippen LogP contribution >= 0.6 is 0 Å². The number of hydrogen-bond acceptors (Lipinski definition) is 4. The fourth-order valence-corrected chi connectivity index (χ4v) is 6.15. The Morgan fingerprint density at radius 3 is 2.19 bits per heavy atom. The Morgan fingerprint density at radius 1 is 0.923 bits per heavy atom. The minimum Gasteiger partial charge on any atom is -0.228 e. The molecule has 1 aliphatic heterocycles. The first kappa shape index (κ1) is 18.8. The Labute approximate surface area is 154 Å². The van der Waals surface area contributed by atoms with E-state index in [-0.39, 0.29) is 25.3 Å². The molecule has 3 rings (SSSR count). The van der Waals surface area contributed by atoms with E-state index in [0.717, 1.165) is 11.0 Å². The average Bonchev–Trinajstić information content (AvgIpc) is 2.80. The SMILES string of the molecule is O=S1(=O)CCN(S(=O)(=O)/C=C/c2ccccc2)CCC1c1ccccc1. The monoisotopic (exact) mass is 391 g/mol. The van der Waals surface area contributed by atoms with E-state index in [9.17, 15) is 16.8 Å². The van der Waals surface area contributed by atoms with Crippen LogP contribution in [0.15, 0.2) is 66.1 Å². The van der Waals surface area contributed by atoms with Gasteiger partial charge in [0.1, 0.15) is 0 Å². The quantitative estimate of drug-likeness (QED) is 0.803. The van der Waals surface area contributed by atoms with Gasteiger partial charge in [-0.25, -0.2) is 16.8 Å². The first-order chi connectivity index (χ1) is 12.4. The van der Waals surface area contributed by atoms with Crippen LogP contribution in [0.3, 0.4) is 0 Å². The predicted octanol–water partition coefficient (Wildman–Crippen LogP) is 2.85. The minimum absolute atomic E-state index is 0.0207. The van der Waals surface area contributed by atoms with Crippen molar-refractivity contribution in [2.75, 3.05) is 18.8 Å². The summed E-state index contributed by atoms with van der Waals surface area (Å²) in [7, 11) is -7.08. The van der Waals surface area contributed by atoms with Crippen molar-refractivity contribution >= 4 is 25.9 Å². The molecule has 5 nitrogen and oxygen atoms in total. The van der Waals surface area contributed by atoms with E-state index in [0.29, 0.717) is 5.56 Å². The van der Waals surface area contributed by atoms with Gasteiger partial charge in [0.25, 0.3) is 0 Å². The van der Waals surface area contributed by atoms with Gasteiger partial charge in [-0.05, 0) is 23.6 Å². The van der Waals surface area contributed by atoms with Gasteiger partial charge in [0.05, 0.1) is 11.0 Å². The highest BCUT2D eigenvalue weighted by molar-refractivity contribution is 7.92. The van der Waals surface area contributed by atoms with Crippen LogP contribution in [-0.4, -0.2) is 40.0 Å². The zero-order chi connectivity index (χ0) is 18.6. The zero-order valence-electron chi connectivity index (χ0n) is 14.2. The molecule has 7 heteroatoms. The van der Waals surface area contributed by atoms with Crippen LogP contribution < -0.4 is 0 Å². The molecule has 0 aliphatic carbocycles. The molecule has 2 aromatic rings. The fraction of sp³-hybridized carbons (Fsp3) is 0.263. The molecule has 0 N–H and O–H groups in total. The second-order valence-corrected chi connectivity index (χ2v) is 10.3. The van der Waals surface area contributed by atoms with E-state index in [1.165, 1.54) is 10.4 Å². The first-order valence-electron chi connectivity index (χ1n) is 8.38. The third-order valence-electron chi connectivity index (χ3n) is 4.46. The second-order valence-electron chi connectivity index (χ2n) is 6.21. The van der Waals surface area contributed by atoms with Crippen LogP contribution in [0.4, 0.5) is 0 Å². The van der Waals surface area contributed by atoms with Gasteiger partial charge in [0, 0.05) is 18.5 Å². The van der Waals surface area contributed by atoms with E-state index in [1.54, 1.807) is 24.3 Å². The number of sulfone groups is 1. The third kappa shape index (κ3) is 4.41. The maximum Gasteiger partial charge on any atom is 0.236 e. The summed E-state index contributed by atoms with van der Waals surface area (Å²) in [5.41, 5.74) is 1.49. The minimum atomic E-state index is -3.67. The average molecular weight is 392 g/mol. The highest BCUT2D eigenvalue weighted by Crippen LogP contribution is 2.30. The molecule has 1 fully saturated rings. The van der Waals surface area contributed by atoms with E-state index >= 15 is 0 Å². The highest BCUT2D eigenvalue weighted by Gasteiger charge is 2.34. The van der Waals surface area contributed by atoms with E-state index in [2.05, 4.69) is 0 Å². The molecule has 0 bridgehead atoms. The Balaban J connectivity index is 1.80. The molecular formula is C19H21NO4S2. The lowest BCUT2D eigenvalue weighted by Gasteiger charge is -2.17. The lowest BCUT2D eigenvalue weighted by molar-refractivity contribution is 0.435. The van der Waals surface area contributed by atoms with E-state index in [4.69, 9.17) is 0 Å². The summed E-state index contributed by atoms with van der Waals surface area (Å²) in [6.07, 6.45) is 1.79. The van der Waals surface area contributed by atoms with Crippen molar-refractivity contribution < 1.29 is 16.8 Å². The van der Waals surface area contributed by atoms with Crippen molar-refractivity contribution in [3.05, 3.63) is 77.2 Å². The van der Waals surface area contributed by atoms with Crippen molar-refractivity contribution in [1.82, 2.24) is 4.31 Å². The normalized spacial score (nSPS) is 21.5. The maximum absolute atomic E-state index is 12.6. The summed E-state index contributed by atoms with van der Waals surface area (Å²) in [4.78, 5) is 0. The van der Waals surface area contributed by atoms with Crippen LogP contribution in [0.1, 0.15) is 22.8 Å². The van der Waals surface area contributed by atoms with Crippen LogP contribution in [-0.2, 0) is 19.9 Å².